The summed E-state index contributed by atoms with van der Waals surface area (Å²) in [5, 5.41) is 17.2. The Morgan fingerprint density at radius 3 is 2.19 bits per heavy atom. The molecule has 1 aliphatic rings. The van der Waals surface area contributed by atoms with Gasteiger partial charge in [0.15, 0.2) is 0 Å². The zero-order valence-corrected chi connectivity index (χ0v) is 19.2. The molecule has 0 spiro atoms. The van der Waals surface area contributed by atoms with Crippen LogP contribution in [0.25, 0.3) is 0 Å². The van der Waals surface area contributed by atoms with E-state index in [4.69, 9.17) is 5.11 Å². The summed E-state index contributed by atoms with van der Waals surface area (Å²) in [6.07, 6.45) is 2.08. The smallest absolute Gasteiger partial charge is 0.328 e. The number of carboxylic acid groups (broad SMARTS) is 2. The quantitative estimate of drug-likeness (QED) is 0.580. The van der Waals surface area contributed by atoms with E-state index in [2.05, 4.69) is 80.3 Å². The first-order valence-electron chi connectivity index (χ1n) is 11.2. The van der Waals surface area contributed by atoms with E-state index in [1.165, 1.54) is 36.4 Å². The predicted molar refractivity (Wildman–Crippen MR) is 125 cm³/mol. The van der Waals surface area contributed by atoms with Crippen LogP contribution in [0.3, 0.4) is 0 Å². The molecule has 6 nitrogen and oxygen atoms in total. The summed E-state index contributed by atoms with van der Waals surface area (Å²) in [6.45, 7) is 12.8. The number of quaternary nitrogens is 1. The number of carbonyl (C=O) groups excluding carboxylic acids is 1. The highest BCUT2D eigenvalue weighted by Crippen LogP contribution is 2.46. The minimum absolute atomic E-state index is 0.135. The van der Waals surface area contributed by atoms with Gasteiger partial charge >= 0.3 is 5.97 Å². The monoisotopic (exact) mass is 438 g/mol. The van der Waals surface area contributed by atoms with Crippen molar-refractivity contribution in [3.8, 4) is 0 Å². The molecule has 0 saturated carbocycles. The Hall–Kier alpha value is -3.12. The average molecular weight is 439 g/mol. The number of nitrogens with zero attached hydrogens (tertiary/aromatic N) is 1. The number of fused-ring (bicyclic) bond motifs is 1. The molecule has 1 heterocycles. The second-order valence-electron chi connectivity index (χ2n) is 7.94. The summed E-state index contributed by atoms with van der Waals surface area (Å²) in [4.78, 5) is 23.3. The SMILES string of the molecule is CC[NH+](CC)CCN1CC(CC)(c2ccccc2)c2ccccc21.O=C([O-])/C=C/C(=O)O. The highest BCUT2D eigenvalue weighted by Gasteiger charge is 2.42. The van der Waals surface area contributed by atoms with Gasteiger partial charge in [-0.3, -0.25) is 0 Å². The molecule has 32 heavy (non-hydrogen) atoms. The van der Waals surface area contributed by atoms with E-state index in [1.54, 1.807) is 4.90 Å². The van der Waals surface area contributed by atoms with Crippen LogP contribution in [0.2, 0.25) is 0 Å². The molecule has 2 aromatic rings. The largest absolute Gasteiger partial charge is 0.545 e. The predicted octanol–water partition coefficient (Wildman–Crippen LogP) is 1.50. The van der Waals surface area contributed by atoms with Gasteiger partial charge in [-0.2, -0.15) is 0 Å². The van der Waals surface area contributed by atoms with Crippen molar-refractivity contribution in [3.63, 3.8) is 0 Å². The van der Waals surface area contributed by atoms with E-state index in [1.807, 2.05) is 0 Å². The number of nitrogens with one attached hydrogen (secondary N) is 1. The Labute approximate surface area is 190 Å². The molecule has 0 aliphatic carbocycles. The zero-order valence-electron chi connectivity index (χ0n) is 19.2. The van der Waals surface area contributed by atoms with E-state index >= 15 is 0 Å². The number of benzene rings is 2. The number of aliphatic carboxylic acids is 2. The highest BCUT2D eigenvalue weighted by atomic mass is 16.4. The third-order valence-corrected chi connectivity index (χ3v) is 6.25. The van der Waals surface area contributed by atoms with Crippen molar-refractivity contribution in [2.45, 2.75) is 32.6 Å². The molecule has 2 aromatic carbocycles. The van der Waals surface area contributed by atoms with Crippen LogP contribution in [0.4, 0.5) is 5.69 Å². The van der Waals surface area contributed by atoms with Crippen LogP contribution >= 0.6 is 0 Å². The third kappa shape index (κ3) is 6.20. The number of para-hydroxylation sites is 1. The fourth-order valence-corrected chi connectivity index (χ4v) is 4.40. The fourth-order valence-electron chi connectivity index (χ4n) is 4.40. The van der Waals surface area contributed by atoms with Gasteiger partial charge < -0.3 is 24.8 Å². The lowest BCUT2D eigenvalue weighted by Gasteiger charge is -2.30. The summed E-state index contributed by atoms with van der Waals surface area (Å²) < 4.78 is 0. The molecule has 1 atom stereocenters. The van der Waals surface area contributed by atoms with Crippen LogP contribution in [0.1, 0.15) is 38.3 Å². The number of likely N-dealkylation sites (N-methyl/N-ethyl adjacent to an activating group) is 1. The van der Waals surface area contributed by atoms with Crippen LogP contribution in [-0.4, -0.2) is 49.8 Å². The van der Waals surface area contributed by atoms with Gasteiger partial charge in [-0.15, -0.1) is 0 Å². The second-order valence-corrected chi connectivity index (χ2v) is 7.94. The van der Waals surface area contributed by atoms with Gasteiger partial charge in [0.1, 0.15) is 0 Å². The summed E-state index contributed by atoms with van der Waals surface area (Å²) in [5.41, 5.74) is 4.54. The maximum Gasteiger partial charge on any atom is 0.328 e. The zero-order chi connectivity index (χ0) is 23.6. The van der Waals surface area contributed by atoms with E-state index < -0.39 is 11.9 Å². The lowest BCUT2D eigenvalue weighted by Crippen LogP contribution is -3.12. The number of rotatable bonds is 9. The minimum atomic E-state index is -1.51. The lowest BCUT2D eigenvalue weighted by molar-refractivity contribution is -0.894. The molecular weight excluding hydrogens is 404 g/mol. The van der Waals surface area contributed by atoms with E-state index in [0.717, 1.165) is 19.5 Å². The molecular formula is C26H34N2O4. The number of anilines is 1. The van der Waals surface area contributed by atoms with Crippen molar-refractivity contribution < 1.29 is 24.7 Å². The lowest BCUT2D eigenvalue weighted by atomic mass is 9.74. The topological polar surface area (TPSA) is 85.1 Å². The summed E-state index contributed by atoms with van der Waals surface area (Å²) >= 11 is 0. The van der Waals surface area contributed by atoms with Gasteiger partial charge in [-0.25, -0.2) is 4.79 Å². The summed E-state index contributed by atoms with van der Waals surface area (Å²) in [5.74, 6) is -2.80. The van der Waals surface area contributed by atoms with Crippen molar-refractivity contribution in [2.24, 2.45) is 0 Å². The molecule has 2 N–H and O–H groups in total. The number of carboxylic acids is 2. The molecule has 0 bridgehead atoms. The Kier molecular flexibility index (Phi) is 9.47. The van der Waals surface area contributed by atoms with Crippen LogP contribution in [-0.2, 0) is 15.0 Å². The van der Waals surface area contributed by atoms with E-state index in [-0.39, 0.29) is 5.41 Å². The van der Waals surface area contributed by atoms with Gasteiger partial charge in [0.05, 0.1) is 32.1 Å². The van der Waals surface area contributed by atoms with Crippen molar-refractivity contribution in [3.05, 3.63) is 77.9 Å². The molecule has 172 valence electrons. The first-order chi connectivity index (χ1) is 15.4. The average Bonchev–Trinajstić information content (AvgIpc) is 3.14. The van der Waals surface area contributed by atoms with Gasteiger partial charge in [-0.05, 0) is 43.5 Å². The van der Waals surface area contributed by atoms with E-state index in [0.29, 0.717) is 12.2 Å². The first-order valence-corrected chi connectivity index (χ1v) is 11.2. The maximum atomic E-state index is 9.53. The van der Waals surface area contributed by atoms with Gasteiger partial charge in [0.2, 0.25) is 0 Å². The molecule has 3 rings (SSSR count). The Morgan fingerprint density at radius 1 is 1.03 bits per heavy atom. The fraction of sp³-hybridized carbons (Fsp3) is 0.385. The van der Waals surface area contributed by atoms with Crippen LogP contribution in [0, 0.1) is 0 Å². The van der Waals surface area contributed by atoms with Gasteiger partial charge in [0.25, 0.3) is 0 Å². The van der Waals surface area contributed by atoms with Crippen molar-refractivity contribution in [1.29, 1.82) is 0 Å². The van der Waals surface area contributed by atoms with Crippen molar-refractivity contribution in [1.82, 2.24) is 0 Å². The first kappa shape index (κ1) is 25.1. The maximum absolute atomic E-state index is 9.53. The van der Waals surface area contributed by atoms with Crippen LogP contribution in [0.15, 0.2) is 66.7 Å². The summed E-state index contributed by atoms with van der Waals surface area (Å²) in [6, 6.07) is 20.1. The third-order valence-electron chi connectivity index (χ3n) is 6.25. The Balaban J connectivity index is 0.000000390. The second kappa shape index (κ2) is 12.1. The number of carbonyl (C=O) groups is 2. The molecule has 0 radical (unpaired) electrons. The van der Waals surface area contributed by atoms with E-state index in [9.17, 15) is 14.7 Å². The van der Waals surface area contributed by atoms with Crippen LogP contribution < -0.4 is 14.9 Å². The summed E-state index contributed by atoms with van der Waals surface area (Å²) in [7, 11) is 0. The normalized spacial score (nSPS) is 17.2. The number of hydrogen-bond donors (Lipinski definition) is 2. The Morgan fingerprint density at radius 2 is 1.66 bits per heavy atom. The number of hydrogen-bond acceptors (Lipinski definition) is 4. The Bertz CT molecular complexity index is 893. The van der Waals surface area contributed by atoms with Crippen molar-refractivity contribution in [2.75, 3.05) is 37.6 Å². The van der Waals surface area contributed by atoms with Gasteiger partial charge in [-0.1, -0.05) is 55.5 Å². The van der Waals surface area contributed by atoms with Crippen molar-refractivity contribution >= 4 is 17.6 Å². The molecule has 1 unspecified atom stereocenters. The highest BCUT2D eigenvalue weighted by molar-refractivity contribution is 5.88. The molecule has 0 saturated heterocycles. The molecule has 0 fully saturated rings. The van der Waals surface area contributed by atoms with Gasteiger partial charge in [0, 0.05) is 23.7 Å². The molecule has 1 aliphatic heterocycles. The molecule has 0 aromatic heterocycles. The standard InChI is InChI=1S/C22H30N2.C4H4O4/c1-4-22(19-12-8-7-9-13-19)18-24(17-16-23(5-2)6-3)21-15-11-10-14-20(21)22;5-3(6)1-2-4(7)8/h7-15H,4-6,16-18H2,1-3H3;1-2H,(H,5,6)(H,7,8)/b;2-1+. The molecule has 6 heteroatoms. The van der Waals surface area contributed by atoms with Crippen LogP contribution in [0.5, 0.6) is 0 Å². The minimum Gasteiger partial charge on any atom is -0.545 e. The molecule has 0 amide bonds.